The van der Waals surface area contributed by atoms with E-state index < -0.39 is 11.4 Å². The number of nitrogens with one attached hydrogen (secondary N) is 1. The Bertz CT molecular complexity index is 621. The molecule has 3 rings (SSSR count). The fourth-order valence-electron chi connectivity index (χ4n) is 4.31. The van der Waals surface area contributed by atoms with Crippen molar-refractivity contribution in [1.82, 2.24) is 10.2 Å². The van der Waals surface area contributed by atoms with Crippen molar-refractivity contribution in [2.75, 3.05) is 26.8 Å². The van der Waals surface area contributed by atoms with Gasteiger partial charge in [-0.2, -0.15) is 0 Å². The molecule has 6 heteroatoms. The average Bonchev–Trinajstić information content (AvgIpc) is 3.14. The molecule has 1 aromatic rings. The molecular weight excluding hydrogens is 320 g/mol. The van der Waals surface area contributed by atoms with Crippen LogP contribution in [0, 0.1) is 11.3 Å². The molecule has 1 saturated heterocycles. The van der Waals surface area contributed by atoms with Crippen LogP contribution in [-0.2, 0) is 16.0 Å². The molecule has 1 saturated carbocycles. The zero-order valence-electron chi connectivity index (χ0n) is 14.6. The first-order chi connectivity index (χ1) is 12.0. The SMILES string of the molecule is COCC(Cc1ccccc1)NC(=O)N1C[C@@H]2CCC[C@@]2(C(=O)O)C1. The molecule has 2 aliphatic rings. The van der Waals surface area contributed by atoms with Gasteiger partial charge in [-0.05, 0) is 30.7 Å². The third-order valence-electron chi connectivity index (χ3n) is 5.60. The van der Waals surface area contributed by atoms with E-state index in [1.807, 2.05) is 30.3 Å². The number of carboxylic acid groups (broad SMARTS) is 1. The first-order valence-electron chi connectivity index (χ1n) is 8.87. The van der Waals surface area contributed by atoms with E-state index in [1.54, 1.807) is 12.0 Å². The minimum absolute atomic E-state index is 0.0748. The number of urea groups is 1. The lowest BCUT2D eigenvalue weighted by molar-refractivity contribution is -0.149. The molecule has 2 N–H and O–H groups in total. The van der Waals surface area contributed by atoms with Crippen LogP contribution in [0.3, 0.4) is 0 Å². The van der Waals surface area contributed by atoms with Gasteiger partial charge in [0.15, 0.2) is 0 Å². The van der Waals surface area contributed by atoms with Gasteiger partial charge in [-0.25, -0.2) is 4.79 Å². The highest BCUT2D eigenvalue weighted by Crippen LogP contribution is 2.48. The molecule has 1 aliphatic heterocycles. The molecule has 1 heterocycles. The van der Waals surface area contributed by atoms with Gasteiger partial charge in [-0.15, -0.1) is 0 Å². The van der Waals surface area contributed by atoms with Gasteiger partial charge in [-0.3, -0.25) is 4.79 Å². The van der Waals surface area contributed by atoms with Crippen LogP contribution in [0.4, 0.5) is 4.79 Å². The Labute approximate surface area is 148 Å². The largest absolute Gasteiger partial charge is 0.481 e. The molecule has 2 amide bonds. The second-order valence-corrected chi connectivity index (χ2v) is 7.22. The van der Waals surface area contributed by atoms with Crippen molar-refractivity contribution in [3.8, 4) is 0 Å². The van der Waals surface area contributed by atoms with Gasteiger partial charge in [0.25, 0.3) is 0 Å². The van der Waals surface area contributed by atoms with E-state index in [0.29, 0.717) is 32.5 Å². The average molecular weight is 346 g/mol. The zero-order valence-corrected chi connectivity index (χ0v) is 14.6. The molecule has 0 spiro atoms. The maximum atomic E-state index is 12.7. The predicted octanol–water partition coefficient (Wildman–Crippen LogP) is 2.14. The highest BCUT2D eigenvalue weighted by Gasteiger charge is 2.55. The lowest BCUT2D eigenvalue weighted by Crippen LogP contribution is -2.47. The van der Waals surface area contributed by atoms with Crippen molar-refractivity contribution in [3.63, 3.8) is 0 Å². The Kier molecular flexibility index (Phi) is 5.27. The summed E-state index contributed by atoms with van der Waals surface area (Å²) >= 11 is 0. The van der Waals surface area contributed by atoms with E-state index in [2.05, 4.69) is 5.32 Å². The first kappa shape index (κ1) is 17.7. The first-order valence-corrected chi connectivity index (χ1v) is 8.87. The smallest absolute Gasteiger partial charge is 0.317 e. The zero-order chi connectivity index (χ0) is 17.9. The standard InChI is InChI=1S/C19H26N2O4/c1-25-12-16(10-14-6-3-2-4-7-14)20-18(24)21-11-15-8-5-9-19(15,13-21)17(22)23/h2-4,6-7,15-16H,5,8-13H2,1H3,(H,20,24)(H,22,23)/t15-,16?,19+/m0/s1. The Morgan fingerprint density at radius 3 is 2.80 bits per heavy atom. The number of amides is 2. The van der Waals surface area contributed by atoms with E-state index in [9.17, 15) is 14.7 Å². The van der Waals surface area contributed by atoms with Gasteiger partial charge >= 0.3 is 12.0 Å². The third kappa shape index (κ3) is 3.63. The van der Waals surface area contributed by atoms with E-state index in [1.165, 1.54) is 0 Å². The molecule has 1 unspecified atom stereocenters. The minimum Gasteiger partial charge on any atom is -0.481 e. The monoisotopic (exact) mass is 346 g/mol. The minimum atomic E-state index is -0.761. The number of aliphatic carboxylic acids is 1. The third-order valence-corrected chi connectivity index (χ3v) is 5.60. The van der Waals surface area contributed by atoms with Crippen LogP contribution < -0.4 is 5.32 Å². The second-order valence-electron chi connectivity index (χ2n) is 7.22. The summed E-state index contributed by atoms with van der Waals surface area (Å²) in [6.45, 7) is 1.26. The van der Waals surface area contributed by atoms with Crippen LogP contribution in [0.2, 0.25) is 0 Å². The molecular formula is C19H26N2O4. The van der Waals surface area contributed by atoms with E-state index in [0.717, 1.165) is 18.4 Å². The van der Waals surface area contributed by atoms with Crippen molar-refractivity contribution >= 4 is 12.0 Å². The summed E-state index contributed by atoms with van der Waals surface area (Å²) in [7, 11) is 1.61. The molecule has 136 valence electrons. The van der Waals surface area contributed by atoms with Crippen LogP contribution in [0.25, 0.3) is 0 Å². The maximum Gasteiger partial charge on any atom is 0.317 e. The van der Waals surface area contributed by atoms with Gasteiger partial charge in [0.2, 0.25) is 0 Å². The quantitative estimate of drug-likeness (QED) is 0.827. The summed E-state index contributed by atoms with van der Waals surface area (Å²) in [5, 5.41) is 12.7. The number of hydrogen-bond donors (Lipinski definition) is 2. The lowest BCUT2D eigenvalue weighted by Gasteiger charge is -2.25. The van der Waals surface area contributed by atoms with Crippen LogP contribution in [0.15, 0.2) is 30.3 Å². The number of carboxylic acids is 1. The molecule has 25 heavy (non-hydrogen) atoms. The highest BCUT2D eigenvalue weighted by atomic mass is 16.5. The van der Waals surface area contributed by atoms with Crippen molar-refractivity contribution in [3.05, 3.63) is 35.9 Å². The van der Waals surface area contributed by atoms with E-state index in [-0.39, 0.29) is 18.0 Å². The molecule has 0 bridgehead atoms. The van der Waals surface area contributed by atoms with Crippen molar-refractivity contribution in [2.24, 2.45) is 11.3 Å². The van der Waals surface area contributed by atoms with Crippen molar-refractivity contribution < 1.29 is 19.4 Å². The number of benzene rings is 1. The predicted molar refractivity (Wildman–Crippen MR) is 93.3 cm³/mol. The van der Waals surface area contributed by atoms with Crippen LogP contribution >= 0.6 is 0 Å². The molecule has 3 atom stereocenters. The number of hydrogen-bond acceptors (Lipinski definition) is 3. The number of fused-ring (bicyclic) bond motifs is 1. The van der Waals surface area contributed by atoms with Gasteiger partial charge in [0, 0.05) is 20.2 Å². The molecule has 1 aromatic carbocycles. The molecule has 0 aromatic heterocycles. The maximum absolute atomic E-state index is 12.7. The fourth-order valence-corrected chi connectivity index (χ4v) is 4.31. The van der Waals surface area contributed by atoms with Crippen molar-refractivity contribution in [2.45, 2.75) is 31.7 Å². The molecule has 1 aliphatic carbocycles. The summed E-state index contributed by atoms with van der Waals surface area (Å²) in [5.74, 6) is -0.686. The normalized spacial score (nSPS) is 26.3. The van der Waals surface area contributed by atoms with Crippen LogP contribution in [0.5, 0.6) is 0 Å². The van der Waals surface area contributed by atoms with E-state index in [4.69, 9.17) is 4.74 Å². The topological polar surface area (TPSA) is 78.9 Å². The number of rotatable bonds is 6. The fraction of sp³-hybridized carbons (Fsp3) is 0.579. The number of nitrogens with zero attached hydrogens (tertiary/aromatic N) is 1. The summed E-state index contributed by atoms with van der Waals surface area (Å²) in [5.41, 5.74) is 0.387. The molecule has 2 fully saturated rings. The van der Waals surface area contributed by atoms with Gasteiger partial charge < -0.3 is 20.1 Å². The molecule has 0 radical (unpaired) electrons. The number of methoxy groups -OCH3 is 1. The van der Waals surface area contributed by atoms with Crippen molar-refractivity contribution in [1.29, 1.82) is 0 Å². The number of ether oxygens (including phenoxy) is 1. The Morgan fingerprint density at radius 1 is 1.40 bits per heavy atom. The number of carbonyl (C=O) groups excluding carboxylic acids is 1. The summed E-state index contributed by atoms with van der Waals surface area (Å²) < 4.78 is 5.25. The van der Waals surface area contributed by atoms with Gasteiger partial charge in [0.05, 0.1) is 18.1 Å². The summed E-state index contributed by atoms with van der Waals surface area (Å²) in [4.78, 5) is 26.1. The lowest BCUT2D eigenvalue weighted by atomic mass is 9.81. The Hall–Kier alpha value is -2.08. The molecule has 6 nitrogen and oxygen atoms in total. The van der Waals surface area contributed by atoms with Gasteiger partial charge in [-0.1, -0.05) is 36.8 Å². The number of likely N-dealkylation sites (tertiary alicyclic amines) is 1. The second kappa shape index (κ2) is 7.44. The Morgan fingerprint density at radius 2 is 2.16 bits per heavy atom. The van der Waals surface area contributed by atoms with Crippen LogP contribution in [0.1, 0.15) is 24.8 Å². The van der Waals surface area contributed by atoms with E-state index >= 15 is 0 Å². The van der Waals surface area contributed by atoms with Crippen LogP contribution in [-0.4, -0.2) is 54.9 Å². The highest BCUT2D eigenvalue weighted by molar-refractivity contribution is 5.80. The summed E-state index contributed by atoms with van der Waals surface area (Å²) in [6.07, 6.45) is 3.18. The van der Waals surface area contributed by atoms with Gasteiger partial charge in [0.1, 0.15) is 0 Å². The summed E-state index contributed by atoms with van der Waals surface area (Å²) in [6, 6.07) is 9.62. The Balaban J connectivity index is 1.63. The number of carbonyl (C=O) groups is 2.